The van der Waals surface area contributed by atoms with E-state index in [0.717, 1.165) is 25.2 Å². The third-order valence-corrected chi connectivity index (χ3v) is 4.65. The zero-order valence-corrected chi connectivity index (χ0v) is 13.3. The van der Waals surface area contributed by atoms with Gasteiger partial charge in [-0.2, -0.15) is 0 Å². The molecule has 106 valence electrons. The Morgan fingerprint density at radius 3 is 2.42 bits per heavy atom. The summed E-state index contributed by atoms with van der Waals surface area (Å²) in [6, 6.07) is 6.87. The number of benzene rings is 1. The van der Waals surface area contributed by atoms with E-state index < -0.39 is 0 Å². The van der Waals surface area contributed by atoms with Crippen molar-refractivity contribution in [3.8, 4) is 0 Å². The minimum absolute atomic E-state index is 0.479. The third-order valence-electron chi connectivity index (χ3n) is 4.21. The molecule has 3 atom stereocenters. The number of hydrogen-bond donors (Lipinski definition) is 1. The largest absolute Gasteiger partial charge is 0.368 e. The Bertz CT molecular complexity index is 416. The maximum Gasteiger partial charge on any atom is 0.0441 e. The van der Waals surface area contributed by atoms with Crippen LogP contribution in [0.15, 0.2) is 18.2 Å². The number of hydrogen-bond acceptors (Lipinski definition) is 2. The van der Waals surface area contributed by atoms with E-state index in [2.05, 4.69) is 31.0 Å². The van der Waals surface area contributed by atoms with Gasteiger partial charge in [0.05, 0.1) is 0 Å². The van der Waals surface area contributed by atoms with Crippen molar-refractivity contribution < 1.29 is 0 Å². The number of piperidine rings is 1. The molecule has 0 saturated carbocycles. The highest BCUT2D eigenvalue weighted by Gasteiger charge is 2.32. The second-order valence-corrected chi connectivity index (χ2v) is 6.25. The number of nitrogens with zero attached hydrogens (tertiary/aromatic N) is 1. The van der Waals surface area contributed by atoms with E-state index in [9.17, 15) is 0 Å². The van der Waals surface area contributed by atoms with Gasteiger partial charge in [-0.15, -0.1) is 0 Å². The number of halogens is 2. The Kier molecular flexibility index (Phi) is 4.99. The summed E-state index contributed by atoms with van der Waals surface area (Å²) in [5.74, 6) is 0.603. The summed E-state index contributed by atoms with van der Waals surface area (Å²) in [7, 11) is 0. The molecule has 0 radical (unpaired) electrons. The van der Waals surface area contributed by atoms with E-state index in [1.807, 2.05) is 12.1 Å². The molecule has 3 unspecified atom stereocenters. The molecule has 4 heteroatoms. The average molecular weight is 301 g/mol. The van der Waals surface area contributed by atoms with Gasteiger partial charge in [-0.25, -0.2) is 0 Å². The standard InChI is InChI=1S/C15H22Cl2N2/c1-4-18-15-5-6-19(11(3)10(15)2)14-8-12(16)7-13(17)9-14/h7-11,15,18H,4-6H2,1-3H3. The van der Waals surface area contributed by atoms with Gasteiger partial charge in [0.1, 0.15) is 0 Å². The summed E-state index contributed by atoms with van der Waals surface area (Å²) in [6.45, 7) is 8.84. The molecular weight excluding hydrogens is 279 g/mol. The summed E-state index contributed by atoms with van der Waals surface area (Å²) in [5, 5.41) is 4.99. The van der Waals surface area contributed by atoms with Gasteiger partial charge >= 0.3 is 0 Å². The zero-order chi connectivity index (χ0) is 14.0. The molecule has 0 amide bonds. The summed E-state index contributed by atoms with van der Waals surface area (Å²) < 4.78 is 0. The number of rotatable bonds is 3. The normalized spacial score (nSPS) is 27.6. The third kappa shape index (κ3) is 3.36. The molecule has 1 aromatic rings. The molecule has 0 bridgehead atoms. The van der Waals surface area contributed by atoms with E-state index in [1.54, 1.807) is 6.07 Å². The predicted molar refractivity (Wildman–Crippen MR) is 84.5 cm³/mol. The Morgan fingerprint density at radius 1 is 1.21 bits per heavy atom. The maximum absolute atomic E-state index is 6.11. The van der Waals surface area contributed by atoms with Crippen molar-refractivity contribution in [3.05, 3.63) is 28.2 Å². The average Bonchev–Trinajstić information content (AvgIpc) is 2.34. The smallest absolute Gasteiger partial charge is 0.0441 e. The van der Waals surface area contributed by atoms with Crippen molar-refractivity contribution in [2.45, 2.75) is 39.3 Å². The van der Waals surface area contributed by atoms with E-state index in [4.69, 9.17) is 23.2 Å². The lowest BCUT2D eigenvalue weighted by Gasteiger charge is -2.44. The first-order chi connectivity index (χ1) is 9.02. The minimum atomic E-state index is 0.479. The first-order valence-corrected chi connectivity index (χ1v) is 7.74. The Labute approximate surface area is 126 Å². The molecule has 19 heavy (non-hydrogen) atoms. The quantitative estimate of drug-likeness (QED) is 0.900. The molecule has 1 heterocycles. The van der Waals surface area contributed by atoms with Crippen LogP contribution in [0.1, 0.15) is 27.2 Å². The first kappa shape index (κ1) is 15.0. The fraction of sp³-hybridized carbons (Fsp3) is 0.600. The van der Waals surface area contributed by atoms with Crippen LogP contribution in [-0.4, -0.2) is 25.2 Å². The fourth-order valence-electron chi connectivity index (χ4n) is 2.98. The molecule has 1 saturated heterocycles. The van der Waals surface area contributed by atoms with Crippen LogP contribution in [0.2, 0.25) is 10.0 Å². The Hall–Kier alpha value is -0.440. The second-order valence-electron chi connectivity index (χ2n) is 5.37. The van der Waals surface area contributed by atoms with Crippen LogP contribution in [0, 0.1) is 5.92 Å². The van der Waals surface area contributed by atoms with Gasteiger partial charge in [-0.3, -0.25) is 0 Å². The molecular formula is C15H22Cl2N2. The van der Waals surface area contributed by atoms with Gasteiger partial charge < -0.3 is 10.2 Å². The van der Waals surface area contributed by atoms with Gasteiger partial charge in [-0.05, 0) is 44.0 Å². The summed E-state index contributed by atoms with van der Waals surface area (Å²) >= 11 is 12.2. The van der Waals surface area contributed by atoms with E-state index in [1.165, 1.54) is 0 Å². The molecule has 0 aromatic heterocycles. The van der Waals surface area contributed by atoms with Gasteiger partial charge in [0.2, 0.25) is 0 Å². The van der Waals surface area contributed by atoms with Crippen LogP contribution in [0.4, 0.5) is 5.69 Å². The van der Waals surface area contributed by atoms with Crippen molar-refractivity contribution in [2.75, 3.05) is 18.0 Å². The molecule has 2 nitrogen and oxygen atoms in total. The molecule has 0 spiro atoms. The maximum atomic E-state index is 6.11. The predicted octanol–water partition coefficient (Wildman–Crippen LogP) is 4.21. The highest BCUT2D eigenvalue weighted by atomic mass is 35.5. The molecule has 1 aromatic carbocycles. The fourth-order valence-corrected chi connectivity index (χ4v) is 3.50. The van der Waals surface area contributed by atoms with Crippen LogP contribution < -0.4 is 10.2 Å². The molecule has 1 aliphatic rings. The summed E-state index contributed by atoms with van der Waals surface area (Å²) in [4.78, 5) is 2.41. The van der Waals surface area contributed by atoms with E-state index in [-0.39, 0.29) is 0 Å². The number of nitrogens with one attached hydrogen (secondary N) is 1. The Morgan fingerprint density at radius 2 is 1.84 bits per heavy atom. The topological polar surface area (TPSA) is 15.3 Å². The van der Waals surface area contributed by atoms with Crippen LogP contribution in [0.5, 0.6) is 0 Å². The van der Waals surface area contributed by atoms with E-state index in [0.29, 0.717) is 28.0 Å². The van der Waals surface area contributed by atoms with Crippen molar-refractivity contribution >= 4 is 28.9 Å². The lowest BCUT2D eigenvalue weighted by atomic mass is 9.86. The zero-order valence-electron chi connectivity index (χ0n) is 11.8. The van der Waals surface area contributed by atoms with Crippen molar-refractivity contribution in [1.29, 1.82) is 0 Å². The highest BCUT2D eigenvalue weighted by molar-refractivity contribution is 6.35. The van der Waals surface area contributed by atoms with Crippen LogP contribution >= 0.6 is 23.2 Å². The number of anilines is 1. The van der Waals surface area contributed by atoms with Crippen LogP contribution in [0.25, 0.3) is 0 Å². The highest BCUT2D eigenvalue weighted by Crippen LogP contribution is 2.32. The monoisotopic (exact) mass is 300 g/mol. The minimum Gasteiger partial charge on any atom is -0.368 e. The van der Waals surface area contributed by atoms with Crippen molar-refractivity contribution in [1.82, 2.24) is 5.32 Å². The molecule has 1 N–H and O–H groups in total. The molecule has 2 rings (SSSR count). The van der Waals surface area contributed by atoms with Gasteiger partial charge in [-0.1, -0.05) is 37.0 Å². The molecule has 1 aliphatic heterocycles. The van der Waals surface area contributed by atoms with Gasteiger partial charge in [0.15, 0.2) is 0 Å². The lowest BCUT2D eigenvalue weighted by molar-refractivity contribution is 0.274. The summed E-state index contributed by atoms with van der Waals surface area (Å²) in [5.41, 5.74) is 1.13. The first-order valence-electron chi connectivity index (χ1n) is 6.99. The lowest BCUT2D eigenvalue weighted by Crippen LogP contribution is -2.53. The summed E-state index contributed by atoms with van der Waals surface area (Å²) in [6.07, 6.45) is 1.16. The van der Waals surface area contributed by atoms with E-state index >= 15 is 0 Å². The van der Waals surface area contributed by atoms with Crippen LogP contribution in [-0.2, 0) is 0 Å². The SMILES string of the molecule is CCNC1CCN(c2cc(Cl)cc(Cl)c2)C(C)C1C. The molecule has 1 fully saturated rings. The van der Waals surface area contributed by atoms with Crippen molar-refractivity contribution in [3.63, 3.8) is 0 Å². The van der Waals surface area contributed by atoms with Gasteiger partial charge in [0.25, 0.3) is 0 Å². The van der Waals surface area contributed by atoms with Gasteiger partial charge in [0, 0.05) is 34.4 Å². The van der Waals surface area contributed by atoms with Crippen LogP contribution in [0.3, 0.4) is 0 Å². The Balaban J connectivity index is 2.18. The van der Waals surface area contributed by atoms with Crippen molar-refractivity contribution in [2.24, 2.45) is 5.92 Å². The second kappa shape index (κ2) is 6.34. The molecule has 0 aliphatic carbocycles.